The molecule has 1 saturated heterocycles. The molecular weight excluding hydrogens is 277 g/mol. The lowest BCUT2D eigenvalue weighted by atomic mass is 10.1. The van der Waals surface area contributed by atoms with Gasteiger partial charge < -0.3 is 10.2 Å². The predicted octanol–water partition coefficient (Wildman–Crippen LogP) is 0.879. The van der Waals surface area contributed by atoms with Gasteiger partial charge in [-0.1, -0.05) is 13.8 Å². The lowest BCUT2D eigenvalue weighted by molar-refractivity contribution is -0.174. The summed E-state index contributed by atoms with van der Waals surface area (Å²) < 4.78 is 36.5. The third kappa shape index (κ3) is 3.71. The van der Waals surface area contributed by atoms with Crippen LogP contribution < -0.4 is 5.32 Å². The van der Waals surface area contributed by atoms with E-state index in [-0.39, 0.29) is 30.6 Å². The molecule has 2 unspecified atom stereocenters. The standard InChI is InChI=1S/C12H17F3N2O3/c1-6(2)10(19)17-5-8(4-9(17)7(3)18)16-11(20)12(13,14)15/h6,8-9H,4-5H2,1-3H3,(H,16,20). The highest BCUT2D eigenvalue weighted by molar-refractivity contribution is 5.89. The van der Waals surface area contributed by atoms with Crippen LogP contribution in [0.4, 0.5) is 13.2 Å². The third-order valence-electron chi connectivity index (χ3n) is 3.14. The molecule has 0 radical (unpaired) electrons. The van der Waals surface area contributed by atoms with Gasteiger partial charge in [-0.2, -0.15) is 13.2 Å². The topological polar surface area (TPSA) is 66.5 Å². The number of alkyl halides is 3. The number of nitrogens with zero attached hydrogens (tertiary/aromatic N) is 1. The second kappa shape index (κ2) is 5.80. The summed E-state index contributed by atoms with van der Waals surface area (Å²) in [7, 11) is 0. The van der Waals surface area contributed by atoms with Gasteiger partial charge in [0.1, 0.15) is 0 Å². The largest absolute Gasteiger partial charge is 0.471 e. The van der Waals surface area contributed by atoms with Gasteiger partial charge in [0.05, 0.1) is 6.04 Å². The minimum atomic E-state index is -4.97. The van der Waals surface area contributed by atoms with Crippen LogP contribution in [-0.2, 0) is 14.4 Å². The molecule has 8 heteroatoms. The highest BCUT2D eigenvalue weighted by atomic mass is 19.4. The molecule has 20 heavy (non-hydrogen) atoms. The van der Waals surface area contributed by atoms with Crippen LogP contribution in [0.3, 0.4) is 0 Å². The van der Waals surface area contributed by atoms with Crippen LogP contribution in [0.1, 0.15) is 27.2 Å². The summed E-state index contributed by atoms with van der Waals surface area (Å²) in [4.78, 5) is 35.5. The van der Waals surface area contributed by atoms with Crippen molar-refractivity contribution >= 4 is 17.6 Å². The van der Waals surface area contributed by atoms with E-state index < -0.39 is 24.2 Å². The van der Waals surface area contributed by atoms with Crippen LogP contribution in [0.2, 0.25) is 0 Å². The van der Waals surface area contributed by atoms with Crippen molar-refractivity contribution in [2.45, 2.75) is 45.5 Å². The minimum Gasteiger partial charge on any atom is -0.344 e. The van der Waals surface area contributed by atoms with E-state index in [1.807, 2.05) is 5.32 Å². The normalized spacial score (nSPS) is 23.1. The molecule has 1 rings (SSSR count). The molecule has 0 aromatic carbocycles. The Kier molecular flexibility index (Phi) is 4.77. The number of carbonyl (C=O) groups is 3. The molecule has 1 fully saturated rings. The molecule has 1 aliphatic rings. The molecule has 2 atom stereocenters. The van der Waals surface area contributed by atoms with E-state index in [1.165, 1.54) is 11.8 Å². The van der Waals surface area contributed by atoms with Gasteiger partial charge in [0.25, 0.3) is 0 Å². The maximum absolute atomic E-state index is 12.2. The number of nitrogens with one attached hydrogen (secondary N) is 1. The Morgan fingerprint density at radius 2 is 1.80 bits per heavy atom. The van der Waals surface area contributed by atoms with Gasteiger partial charge in [0, 0.05) is 18.5 Å². The zero-order valence-electron chi connectivity index (χ0n) is 11.5. The smallest absolute Gasteiger partial charge is 0.344 e. The van der Waals surface area contributed by atoms with E-state index in [4.69, 9.17) is 0 Å². The quantitative estimate of drug-likeness (QED) is 0.840. The van der Waals surface area contributed by atoms with Gasteiger partial charge >= 0.3 is 12.1 Å². The fourth-order valence-corrected chi connectivity index (χ4v) is 2.17. The van der Waals surface area contributed by atoms with Gasteiger partial charge in [-0.15, -0.1) is 0 Å². The lowest BCUT2D eigenvalue weighted by Gasteiger charge is -2.24. The number of carbonyl (C=O) groups excluding carboxylic acids is 3. The van der Waals surface area contributed by atoms with Crippen LogP contribution in [0.15, 0.2) is 0 Å². The van der Waals surface area contributed by atoms with E-state index in [0.717, 1.165) is 0 Å². The summed E-state index contributed by atoms with van der Waals surface area (Å²) in [5, 5.41) is 1.82. The molecule has 0 saturated carbocycles. The van der Waals surface area contributed by atoms with Crippen molar-refractivity contribution in [3.05, 3.63) is 0 Å². The van der Waals surface area contributed by atoms with Crippen molar-refractivity contribution in [2.24, 2.45) is 5.92 Å². The van der Waals surface area contributed by atoms with Gasteiger partial charge in [-0.3, -0.25) is 14.4 Å². The highest BCUT2D eigenvalue weighted by Crippen LogP contribution is 2.23. The first-order chi connectivity index (χ1) is 9.04. The Morgan fingerprint density at radius 3 is 2.20 bits per heavy atom. The summed E-state index contributed by atoms with van der Waals surface area (Å²) in [6.45, 7) is 4.48. The molecule has 0 aliphatic carbocycles. The van der Waals surface area contributed by atoms with Gasteiger partial charge in [-0.05, 0) is 13.3 Å². The first-order valence-electron chi connectivity index (χ1n) is 6.22. The van der Waals surface area contributed by atoms with E-state index in [1.54, 1.807) is 13.8 Å². The fourth-order valence-electron chi connectivity index (χ4n) is 2.17. The zero-order valence-corrected chi connectivity index (χ0v) is 11.5. The number of hydrogen-bond acceptors (Lipinski definition) is 3. The molecule has 0 bridgehead atoms. The maximum atomic E-state index is 12.2. The van der Waals surface area contributed by atoms with E-state index >= 15 is 0 Å². The van der Waals surface area contributed by atoms with Crippen molar-refractivity contribution in [3.8, 4) is 0 Å². The van der Waals surface area contributed by atoms with Crippen LogP contribution in [0.5, 0.6) is 0 Å². The highest BCUT2D eigenvalue weighted by Gasteiger charge is 2.44. The number of halogens is 3. The monoisotopic (exact) mass is 294 g/mol. The molecular formula is C12H17F3N2O3. The molecule has 1 heterocycles. The van der Waals surface area contributed by atoms with Crippen molar-refractivity contribution in [1.29, 1.82) is 0 Å². The molecule has 114 valence electrons. The van der Waals surface area contributed by atoms with Gasteiger partial charge in [-0.25, -0.2) is 0 Å². The average Bonchev–Trinajstić information content (AvgIpc) is 2.70. The molecule has 5 nitrogen and oxygen atoms in total. The number of hydrogen-bond donors (Lipinski definition) is 1. The molecule has 0 aromatic heterocycles. The van der Waals surface area contributed by atoms with Crippen LogP contribution in [0.25, 0.3) is 0 Å². The number of ketones is 1. The Morgan fingerprint density at radius 1 is 1.25 bits per heavy atom. The second-order valence-corrected chi connectivity index (χ2v) is 5.18. The van der Waals surface area contributed by atoms with Crippen molar-refractivity contribution in [3.63, 3.8) is 0 Å². The summed E-state index contributed by atoms with van der Waals surface area (Å²) in [5.74, 6) is -3.03. The molecule has 1 aliphatic heterocycles. The summed E-state index contributed by atoms with van der Waals surface area (Å²) in [6.07, 6.45) is -4.96. The van der Waals surface area contributed by atoms with Crippen LogP contribution >= 0.6 is 0 Å². The first kappa shape index (κ1) is 16.5. The lowest BCUT2D eigenvalue weighted by Crippen LogP contribution is -2.45. The molecule has 0 aromatic rings. The van der Waals surface area contributed by atoms with Crippen molar-refractivity contribution in [2.75, 3.05) is 6.54 Å². The maximum Gasteiger partial charge on any atom is 0.471 e. The SMILES string of the molecule is CC(=O)C1CC(NC(=O)C(F)(F)F)CN1C(=O)C(C)C. The van der Waals surface area contributed by atoms with E-state index in [9.17, 15) is 27.6 Å². The van der Waals surface area contributed by atoms with Crippen LogP contribution in [-0.4, -0.2) is 47.3 Å². The summed E-state index contributed by atoms with van der Waals surface area (Å²) in [5.41, 5.74) is 0. The predicted molar refractivity (Wildman–Crippen MR) is 63.6 cm³/mol. The third-order valence-corrected chi connectivity index (χ3v) is 3.14. The molecule has 0 spiro atoms. The second-order valence-electron chi connectivity index (χ2n) is 5.18. The number of Topliss-reactive ketones (excluding diaryl/α,β-unsaturated/α-hetero) is 1. The Hall–Kier alpha value is -1.60. The van der Waals surface area contributed by atoms with Gasteiger partial charge in [0.2, 0.25) is 5.91 Å². The van der Waals surface area contributed by atoms with Crippen LogP contribution in [0, 0.1) is 5.92 Å². The number of amides is 2. The van der Waals surface area contributed by atoms with E-state index in [0.29, 0.717) is 0 Å². The summed E-state index contributed by atoms with van der Waals surface area (Å²) >= 11 is 0. The van der Waals surface area contributed by atoms with Gasteiger partial charge in [0.15, 0.2) is 5.78 Å². The Bertz CT molecular complexity index is 421. The van der Waals surface area contributed by atoms with E-state index in [2.05, 4.69) is 0 Å². The number of likely N-dealkylation sites (tertiary alicyclic amines) is 1. The molecule has 1 N–H and O–H groups in total. The first-order valence-corrected chi connectivity index (χ1v) is 6.22. The Balaban J connectivity index is 2.79. The minimum absolute atomic E-state index is 0.00954. The Labute approximate surface area is 114 Å². The average molecular weight is 294 g/mol. The molecule has 2 amide bonds. The van der Waals surface area contributed by atoms with Crippen molar-refractivity contribution in [1.82, 2.24) is 10.2 Å². The van der Waals surface area contributed by atoms with Crippen molar-refractivity contribution < 1.29 is 27.6 Å². The summed E-state index contributed by atoms with van der Waals surface area (Å²) in [6, 6.07) is -1.64. The number of rotatable bonds is 3. The fraction of sp³-hybridized carbons (Fsp3) is 0.750. The zero-order chi connectivity index (χ0) is 15.7.